The average Bonchev–Trinajstić information content (AvgIpc) is 3.05. The lowest BCUT2D eigenvalue weighted by Crippen LogP contribution is -2.33. The van der Waals surface area contributed by atoms with Gasteiger partial charge in [0.05, 0.1) is 6.42 Å². The van der Waals surface area contributed by atoms with E-state index in [1.165, 1.54) is 0 Å². The quantitative estimate of drug-likeness (QED) is 0.127. The second-order valence-corrected chi connectivity index (χ2v) is 11.3. The number of alkyl halides is 3. The van der Waals surface area contributed by atoms with Crippen LogP contribution in [0.25, 0.3) is 11.1 Å². The molecule has 0 heterocycles. The summed E-state index contributed by atoms with van der Waals surface area (Å²) in [4.78, 5) is 36.9. The highest BCUT2D eigenvalue weighted by atomic mass is 79.9. The van der Waals surface area contributed by atoms with Gasteiger partial charge in [-0.25, -0.2) is 4.79 Å². The summed E-state index contributed by atoms with van der Waals surface area (Å²) in [6, 6.07) is 30.5. The molecule has 0 atom stereocenters. The first-order valence-corrected chi connectivity index (χ1v) is 15.4. The molecule has 0 aliphatic rings. The van der Waals surface area contributed by atoms with Crippen molar-refractivity contribution in [1.29, 1.82) is 0 Å². The molecule has 4 aromatic carbocycles. The number of phenolic OH excluding ortho intramolecular Hbond substituents is 1. The predicted molar refractivity (Wildman–Crippen MR) is 177 cm³/mol. The molecule has 0 unspecified atom stereocenters. The number of amides is 2. The first kappa shape index (κ1) is 36.8. The molecule has 0 saturated carbocycles. The van der Waals surface area contributed by atoms with Gasteiger partial charge in [-0.05, 0) is 83.6 Å². The van der Waals surface area contributed by atoms with Crippen LogP contribution in [0.4, 0.5) is 13.2 Å². The molecule has 4 rings (SSSR count). The molecule has 4 aromatic rings. The summed E-state index contributed by atoms with van der Waals surface area (Å²) in [7, 11) is 0. The first-order valence-electron chi connectivity index (χ1n) is 14.6. The van der Waals surface area contributed by atoms with Gasteiger partial charge in [-0.2, -0.15) is 13.2 Å². The molecule has 8 nitrogen and oxygen atoms in total. The molecule has 0 aliphatic carbocycles. The van der Waals surface area contributed by atoms with Gasteiger partial charge in [0.25, 0.3) is 5.91 Å². The van der Waals surface area contributed by atoms with E-state index in [0.717, 1.165) is 38.7 Å². The van der Waals surface area contributed by atoms with E-state index in [4.69, 9.17) is 15.6 Å². The van der Waals surface area contributed by atoms with E-state index in [0.29, 0.717) is 38.2 Å². The Balaban J connectivity index is 0.000000771. The lowest BCUT2D eigenvalue weighted by molar-refractivity contribution is -0.192. The Hall–Kier alpha value is -4.68. The zero-order valence-electron chi connectivity index (χ0n) is 25.3. The van der Waals surface area contributed by atoms with Crippen LogP contribution in [-0.2, 0) is 29.0 Å². The Labute approximate surface area is 279 Å². The Morgan fingerprint density at radius 2 is 1.49 bits per heavy atom. The SMILES string of the molecule is NCCCNC(=O)c1cccc(-c2cccc(CN(CCc3ccc(O)cc3)C(=O)Cc3ccccc3Br)c2)c1.O=C(O)C(F)(F)F. The lowest BCUT2D eigenvalue weighted by Gasteiger charge is -2.24. The van der Waals surface area contributed by atoms with Gasteiger partial charge in [-0.3, -0.25) is 9.59 Å². The van der Waals surface area contributed by atoms with Crippen molar-refractivity contribution in [2.24, 2.45) is 5.73 Å². The predicted octanol–water partition coefficient (Wildman–Crippen LogP) is 6.35. The normalized spacial score (nSPS) is 10.8. The number of carbonyl (C=O) groups excluding carboxylic acids is 2. The topological polar surface area (TPSA) is 133 Å². The average molecular weight is 715 g/mol. The fraction of sp³-hybridized carbons (Fsp3) is 0.229. The van der Waals surface area contributed by atoms with Crippen molar-refractivity contribution in [3.05, 3.63) is 124 Å². The lowest BCUT2D eigenvalue weighted by atomic mass is 10.0. The molecule has 5 N–H and O–H groups in total. The van der Waals surface area contributed by atoms with Crippen molar-refractivity contribution in [3.63, 3.8) is 0 Å². The van der Waals surface area contributed by atoms with E-state index >= 15 is 0 Å². The number of halogens is 4. The van der Waals surface area contributed by atoms with Gasteiger partial charge >= 0.3 is 12.1 Å². The minimum Gasteiger partial charge on any atom is -0.508 e. The van der Waals surface area contributed by atoms with Crippen LogP contribution in [0.15, 0.2) is 102 Å². The summed E-state index contributed by atoms with van der Waals surface area (Å²) >= 11 is 3.56. The maximum Gasteiger partial charge on any atom is 0.490 e. The monoisotopic (exact) mass is 713 g/mol. The highest BCUT2D eigenvalue weighted by molar-refractivity contribution is 9.10. The fourth-order valence-corrected chi connectivity index (χ4v) is 4.88. The number of aromatic hydroxyl groups is 1. The summed E-state index contributed by atoms with van der Waals surface area (Å²) in [6.07, 6.45) is -3.39. The molecule has 0 aromatic heterocycles. The molecular weight excluding hydrogens is 679 g/mol. The van der Waals surface area contributed by atoms with Crippen LogP contribution in [-0.4, -0.2) is 58.7 Å². The molecule has 0 saturated heterocycles. The molecule has 0 spiro atoms. The van der Waals surface area contributed by atoms with E-state index in [1.807, 2.05) is 77.7 Å². The molecule has 12 heteroatoms. The fourth-order valence-electron chi connectivity index (χ4n) is 4.45. The number of nitrogens with two attached hydrogens (primary N) is 1. The number of phenols is 1. The van der Waals surface area contributed by atoms with Gasteiger partial charge in [0.1, 0.15) is 5.75 Å². The summed E-state index contributed by atoms with van der Waals surface area (Å²) < 4.78 is 32.6. The number of nitrogens with zero attached hydrogens (tertiary/aromatic N) is 1. The molecule has 248 valence electrons. The molecule has 0 aliphatic heterocycles. The van der Waals surface area contributed by atoms with Gasteiger partial charge < -0.3 is 26.2 Å². The second-order valence-electron chi connectivity index (χ2n) is 10.5. The minimum absolute atomic E-state index is 0.0345. The Morgan fingerprint density at radius 1 is 0.851 bits per heavy atom. The maximum atomic E-state index is 13.5. The molecule has 0 bridgehead atoms. The van der Waals surface area contributed by atoms with E-state index in [1.54, 1.807) is 18.2 Å². The molecule has 2 amide bonds. The standard InChI is InChI=1S/C33H34BrN3O3.C2HF3O2/c34-31-11-2-1-7-28(31)22-32(39)37(19-16-24-12-14-30(38)15-13-24)23-25-6-3-8-26(20-25)27-9-4-10-29(21-27)33(40)36-18-5-17-35;3-2(4,5)1(6)7/h1-4,6-15,20-21,38H,5,16-19,22-23,35H2,(H,36,40);(H,6,7). The van der Waals surface area contributed by atoms with Crippen molar-refractivity contribution in [3.8, 4) is 16.9 Å². The number of carbonyl (C=O) groups is 3. The molecule has 47 heavy (non-hydrogen) atoms. The van der Waals surface area contributed by atoms with Crippen molar-refractivity contribution >= 4 is 33.7 Å². The van der Waals surface area contributed by atoms with Crippen molar-refractivity contribution in [1.82, 2.24) is 10.2 Å². The Kier molecular flexibility index (Phi) is 14.0. The summed E-state index contributed by atoms with van der Waals surface area (Å²) in [6.45, 7) is 2.07. The number of hydrogen-bond acceptors (Lipinski definition) is 5. The highest BCUT2D eigenvalue weighted by Crippen LogP contribution is 2.24. The Bertz CT molecular complexity index is 1650. The zero-order chi connectivity index (χ0) is 34.4. The third-order valence-corrected chi connectivity index (χ3v) is 7.70. The minimum atomic E-state index is -5.08. The third kappa shape index (κ3) is 12.2. The van der Waals surface area contributed by atoms with Gasteiger partial charge in [-0.1, -0.05) is 76.6 Å². The van der Waals surface area contributed by atoms with Crippen molar-refractivity contribution in [2.45, 2.75) is 32.0 Å². The molecule has 0 fully saturated rings. The number of nitrogens with one attached hydrogen (secondary N) is 1. The van der Waals surface area contributed by atoms with E-state index in [2.05, 4.69) is 27.3 Å². The maximum absolute atomic E-state index is 13.5. The van der Waals surface area contributed by atoms with E-state index in [-0.39, 0.29) is 24.0 Å². The zero-order valence-corrected chi connectivity index (χ0v) is 26.9. The number of carboxylic acids is 1. The number of rotatable bonds is 12. The van der Waals surface area contributed by atoms with Crippen LogP contribution in [0.5, 0.6) is 5.75 Å². The number of aliphatic carboxylic acids is 1. The summed E-state index contributed by atoms with van der Waals surface area (Å²) in [5, 5.41) is 19.7. The molecular formula is C35H35BrF3N3O5. The van der Waals surface area contributed by atoms with Crippen molar-refractivity contribution in [2.75, 3.05) is 19.6 Å². The van der Waals surface area contributed by atoms with Gasteiger partial charge in [-0.15, -0.1) is 0 Å². The first-order chi connectivity index (χ1) is 22.4. The van der Waals surface area contributed by atoms with Gasteiger partial charge in [0.15, 0.2) is 0 Å². The van der Waals surface area contributed by atoms with Gasteiger partial charge in [0.2, 0.25) is 5.91 Å². The smallest absolute Gasteiger partial charge is 0.490 e. The van der Waals surface area contributed by atoms with Crippen LogP contribution in [0.2, 0.25) is 0 Å². The van der Waals surface area contributed by atoms with Crippen LogP contribution >= 0.6 is 15.9 Å². The summed E-state index contributed by atoms with van der Waals surface area (Å²) in [5.41, 5.74) is 11.0. The van der Waals surface area contributed by atoms with Crippen LogP contribution in [0, 0.1) is 0 Å². The molecule has 0 radical (unpaired) electrons. The van der Waals surface area contributed by atoms with Crippen LogP contribution < -0.4 is 11.1 Å². The van der Waals surface area contributed by atoms with Gasteiger partial charge in [0, 0.05) is 29.7 Å². The van der Waals surface area contributed by atoms with Crippen molar-refractivity contribution < 1.29 is 37.8 Å². The number of hydrogen-bond donors (Lipinski definition) is 4. The van der Waals surface area contributed by atoms with E-state index in [9.17, 15) is 27.9 Å². The van der Waals surface area contributed by atoms with Crippen LogP contribution in [0.3, 0.4) is 0 Å². The largest absolute Gasteiger partial charge is 0.508 e. The Morgan fingerprint density at radius 3 is 2.13 bits per heavy atom. The number of carboxylic acid groups (broad SMARTS) is 1. The second kappa shape index (κ2) is 17.9. The van der Waals surface area contributed by atoms with Crippen LogP contribution in [0.1, 0.15) is 33.5 Å². The highest BCUT2D eigenvalue weighted by Gasteiger charge is 2.38. The summed E-state index contributed by atoms with van der Waals surface area (Å²) in [5.74, 6) is -2.62. The van der Waals surface area contributed by atoms with E-state index < -0.39 is 12.1 Å². The third-order valence-electron chi connectivity index (χ3n) is 6.93. The number of benzene rings is 4.